The van der Waals surface area contributed by atoms with Crippen LogP contribution in [0.3, 0.4) is 0 Å². The number of anilines is 3. The maximum absolute atomic E-state index is 6.00. The Kier molecular flexibility index (Phi) is 5.80. The van der Waals surface area contributed by atoms with Crippen molar-refractivity contribution in [3.05, 3.63) is 70.9 Å². The number of rotatable bonds is 7. The molecule has 0 unspecified atom stereocenters. The van der Waals surface area contributed by atoms with Gasteiger partial charge in [-0.15, -0.1) is 5.10 Å². The zero-order chi connectivity index (χ0) is 17.5. The third-order valence-corrected chi connectivity index (χ3v) is 4.04. The maximum atomic E-state index is 6.00. The quantitative estimate of drug-likeness (QED) is 0.655. The van der Waals surface area contributed by atoms with E-state index in [2.05, 4.69) is 38.8 Å². The first-order chi connectivity index (χ1) is 12.2. The molecule has 0 aliphatic rings. The Morgan fingerprint density at radius 1 is 1.08 bits per heavy atom. The second-order valence-electron chi connectivity index (χ2n) is 5.61. The first-order valence-electron chi connectivity index (χ1n) is 8.27. The summed E-state index contributed by atoms with van der Waals surface area (Å²) in [6.45, 7) is 2.83. The number of hydrogen-bond donors (Lipinski definition) is 2. The highest BCUT2D eigenvalue weighted by atomic mass is 35.5. The minimum absolute atomic E-state index is 0.501. The summed E-state index contributed by atoms with van der Waals surface area (Å²) in [7, 11) is 0. The molecule has 0 fully saturated rings. The van der Waals surface area contributed by atoms with Crippen molar-refractivity contribution in [1.82, 2.24) is 15.2 Å². The molecule has 0 amide bonds. The number of hydrogen-bond acceptors (Lipinski definition) is 5. The van der Waals surface area contributed by atoms with Gasteiger partial charge in [-0.2, -0.15) is 10.1 Å². The van der Waals surface area contributed by atoms with Gasteiger partial charge in [-0.05, 0) is 42.2 Å². The Bertz CT molecular complexity index is 837. The Labute approximate surface area is 152 Å². The van der Waals surface area contributed by atoms with E-state index in [1.54, 1.807) is 6.20 Å². The average molecular weight is 354 g/mol. The van der Waals surface area contributed by atoms with Crippen LogP contribution in [-0.2, 0) is 12.8 Å². The minimum atomic E-state index is 0.501. The fourth-order valence-corrected chi connectivity index (χ4v) is 2.75. The fraction of sp³-hybridized carbons (Fsp3) is 0.211. The zero-order valence-electron chi connectivity index (χ0n) is 14.0. The summed E-state index contributed by atoms with van der Waals surface area (Å²) in [6, 6.07) is 16.0. The van der Waals surface area contributed by atoms with Crippen molar-refractivity contribution < 1.29 is 0 Å². The summed E-state index contributed by atoms with van der Waals surface area (Å²) in [5.74, 6) is 1.17. The molecule has 6 heteroatoms. The Morgan fingerprint density at radius 2 is 1.96 bits per heavy atom. The summed E-state index contributed by atoms with van der Waals surface area (Å²) >= 11 is 6.00. The van der Waals surface area contributed by atoms with Crippen LogP contribution in [0, 0.1) is 0 Å². The van der Waals surface area contributed by atoms with Crippen LogP contribution in [0.4, 0.5) is 17.5 Å². The number of halogens is 1. The lowest BCUT2D eigenvalue weighted by atomic mass is 10.1. The van der Waals surface area contributed by atoms with Gasteiger partial charge in [0.05, 0.1) is 6.20 Å². The van der Waals surface area contributed by atoms with Crippen LogP contribution in [0.25, 0.3) is 0 Å². The molecule has 0 radical (unpaired) electrons. The summed E-state index contributed by atoms with van der Waals surface area (Å²) in [5, 5.41) is 15.3. The van der Waals surface area contributed by atoms with Crippen LogP contribution >= 0.6 is 11.6 Å². The third kappa shape index (κ3) is 4.90. The van der Waals surface area contributed by atoms with Crippen molar-refractivity contribution in [1.29, 1.82) is 0 Å². The van der Waals surface area contributed by atoms with Crippen molar-refractivity contribution in [2.24, 2.45) is 0 Å². The largest absolute Gasteiger partial charge is 0.353 e. The predicted molar refractivity (Wildman–Crippen MR) is 103 cm³/mol. The van der Waals surface area contributed by atoms with Crippen molar-refractivity contribution in [3.8, 4) is 0 Å². The molecule has 0 atom stereocenters. The minimum Gasteiger partial charge on any atom is -0.353 e. The lowest BCUT2D eigenvalue weighted by molar-refractivity contribution is 0.928. The zero-order valence-corrected chi connectivity index (χ0v) is 14.8. The molecule has 0 aliphatic heterocycles. The van der Waals surface area contributed by atoms with Gasteiger partial charge in [-0.1, -0.05) is 48.9 Å². The van der Waals surface area contributed by atoms with E-state index in [-0.39, 0.29) is 0 Å². The molecular formula is C19H20ClN5. The first kappa shape index (κ1) is 17.2. The van der Waals surface area contributed by atoms with E-state index in [4.69, 9.17) is 11.6 Å². The average Bonchev–Trinajstić information content (AvgIpc) is 2.63. The van der Waals surface area contributed by atoms with Gasteiger partial charge in [0.15, 0.2) is 5.82 Å². The Balaban J connectivity index is 1.61. The van der Waals surface area contributed by atoms with Crippen LogP contribution in [0.5, 0.6) is 0 Å². The van der Waals surface area contributed by atoms with E-state index in [0.29, 0.717) is 18.3 Å². The molecule has 0 saturated heterocycles. The molecule has 1 heterocycles. The highest BCUT2D eigenvalue weighted by molar-refractivity contribution is 6.30. The van der Waals surface area contributed by atoms with Gasteiger partial charge in [-0.3, -0.25) is 0 Å². The Morgan fingerprint density at radius 3 is 2.80 bits per heavy atom. The van der Waals surface area contributed by atoms with Gasteiger partial charge >= 0.3 is 0 Å². The number of nitrogens with one attached hydrogen (secondary N) is 2. The van der Waals surface area contributed by atoms with E-state index in [9.17, 15) is 0 Å². The number of nitrogens with zero attached hydrogens (tertiary/aromatic N) is 3. The van der Waals surface area contributed by atoms with E-state index >= 15 is 0 Å². The Hall–Kier alpha value is -2.66. The van der Waals surface area contributed by atoms with Gasteiger partial charge in [0.25, 0.3) is 0 Å². The van der Waals surface area contributed by atoms with E-state index in [1.807, 2.05) is 42.5 Å². The summed E-state index contributed by atoms with van der Waals surface area (Å²) in [5.41, 5.74) is 3.44. The number of aromatic nitrogens is 3. The van der Waals surface area contributed by atoms with Gasteiger partial charge in [0, 0.05) is 17.3 Å². The molecule has 128 valence electrons. The molecule has 3 rings (SSSR count). The van der Waals surface area contributed by atoms with Crippen LogP contribution in [0.15, 0.2) is 54.7 Å². The molecule has 0 bridgehead atoms. The molecule has 0 saturated carbocycles. The number of para-hydroxylation sites is 1. The SMILES string of the molecule is CCc1ccccc1Nc1cnnc(NCCc2cccc(Cl)c2)n1. The lowest BCUT2D eigenvalue weighted by Crippen LogP contribution is -2.10. The third-order valence-electron chi connectivity index (χ3n) is 3.81. The van der Waals surface area contributed by atoms with Crippen LogP contribution < -0.4 is 10.6 Å². The highest BCUT2D eigenvalue weighted by Gasteiger charge is 2.04. The summed E-state index contributed by atoms with van der Waals surface area (Å²) in [6.07, 6.45) is 3.40. The monoisotopic (exact) mass is 353 g/mol. The van der Waals surface area contributed by atoms with Crippen molar-refractivity contribution in [2.75, 3.05) is 17.2 Å². The van der Waals surface area contributed by atoms with Gasteiger partial charge in [0.1, 0.15) is 0 Å². The number of aryl methyl sites for hydroxylation is 1. The van der Waals surface area contributed by atoms with Gasteiger partial charge in [-0.25, -0.2) is 0 Å². The molecule has 0 spiro atoms. The van der Waals surface area contributed by atoms with Crippen molar-refractivity contribution in [3.63, 3.8) is 0 Å². The fourth-order valence-electron chi connectivity index (χ4n) is 2.54. The second-order valence-corrected chi connectivity index (χ2v) is 6.04. The topological polar surface area (TPSA) is 62.7 Å². The number of benzene rings is 2. The molecule has 3 aromatic rings. The van der Waals surface area contributed by atoms with E-state index in [0.717, 1.165) is 23.6 Å². The van der Waals surface area contributed by atoms with Crippen molar-refractivity contribution >= 4 is 29.1 Å². The first-order valence-corrected chi connectivity index (χ1v) is 8.65. The maximum Gasteiger partial charge on any atom is 0.244 e. The molecule has 2 aromatic carbocycles. The normalized spacial score (nSPS) is 10.5. The summed E-state index contributed by atoms with van der Waals surface area (Å²) in [4.78, 5) is 4.47. The van der Waals surface area contributed by atoms with Gasteiger partial charge < -0.3 is 10.6 Å². The lowest BCUT2D eigenvalue weighted by Gasteiger charge is -2.10. The molecule has 0 aliphatic carbocycles. The van der Waals surface area contributed by atoms with E-state index in [1.165, 1.54) is 11.1 Å². The predicted octanol–water partition coefficient (Wildman–Crippen LogP) is 4.49. The molecule has 1 aromatic heterocycles. The second kappa shape index (κ2) is 8.44. The van der Waals surface area contributed by atoms with Crippen LogP contribution in [0.2, 0.25) is 5.02 Å². The molecular weight excluding hydrogens is 334 g/mol. The van der Waals surface area contributed by atoms with Crippen molar-refractivity contribution in [2.45, 2.75) is 19.8 Å². The standard InChI is InChI=1S/C19H20ClN5/c1-2-15-7-3-4-9-17(15)23-18-13-22-25-19(24-18)21-11-10-14-6-5-8-16(20)12-14/h3-9,12-13H,2,10-11H2,1H3,(H2,21,23,24,25). The molecule has 2 N–H and O–H groups in total. The smallest absolute Gasteiger partial charge is 0.244 e. The highest BCUT2D eigenvalue weighted by Crippen LogP contribution is 2.20. The van der Waals surface area contributed by atoms with Gasteiger partial charge in [0.2, 0.25) is 5.95 Å². The molecule has 25 heavy (non-hydrogen) atoms. The van der Waals surface area contributed by atoms with Crippen LogP contribution in [0.1, 0.15) is 18.1 Å². The van der Waals surface area contributed by atoms with Crippen LogP contribution in [-0.4, -0.2) is 21.7 Å². The van der Waals surface area contributed by atoms with E-state index < -0.39 is 0 Å². The summed E-state index contributed by atoms with van der Waals surface area (Å²) < 4.78 is 0. The molecule has 5 nitrogen and oxygen atoms in total.